The second-order valence-electron chi connectivity index (χ2n) is 4.38. The molecule has 0 heterocycles. The maximum atomic E-state index is 13.6. The minimum Gasteiger partial charge on any atom is -0.494 e. The number of hydrogen-bond acceptors (Lipinski definition) is 4. The molecule has 5 heteroatoms. The second-order valence-corrected chi connectivity index (χ2v) is 4.38. The summed E-state index contributed by atoms with van der Waals surface area (Å²) in [6, 6.07) is 5.05. The number of benzene rings is 1. The van der Waals surface area contributed by atoms with Gasteiger partial charge in [0, 0.05) is 20.2 Å². The fourth-order valence-corrected chi connectivity index (χ4v) is 1.87. The van der Waals surface area contributed by atoms with Crippen LogP contribution in [0.15, 0.2) is 18.2 Å². The molecule has 108 valence electrons. The van der Waals surface area contributed by atoms with Gasteiger partial charge in [-0.25, -0.2) is 4.39 Å². The van der Waals surface area contributed by atoms with Crippen LogP contribution in [0.2, 0.25) is 0 Å². The minimum atomic E-state index is -0.328. The number of halogens is 1. The van der Waals surface area contributed by atoms with Crippen molar-refractivity contribution >= 4 is 0 Å². The first kappa shape index (κ1) is 15.9. The summed E-state index contributed by atoms with van der Waals surface area (Å²) in [5, 5.41) is 0. The summed E-state index contributed by atoms with van der Waals surface area (Å²) in [4.78, 5) is 2.21. The van der Waals surface area contributed by atoms with Gasteiger partial charge >= 0.3 is 0 Å². The Kier molecular flexibility index (Phi) is 7.40. The van der Waals surface area contributed by atoms with Gasteiger partial charge < -0.3 is 15.2 Å². The fourth-order valence-electron chi connectivity index (χ4n) is 1.87. The lowest BCUT2D eigenvalue weighted by molar-refractivity contribution is 0.143. The average Bonchev–Trinajstić information content (AvgIpc) is 2.42. The molecule has 0 atom stereocenters. The summed E-state index contributed by atoms with van der Waals surface area (Å²) >= 11 is 0. The highest BCUT2D eigenvalue weighted by atomic mass is 19.1. The van der Waals surface area contributed by atoms with Crippen molar-refractivity contribution in [1.29, 1.82) is 0 Å². The van der Waals surface area contributed by atoms with Crippen LogP contribution in [-0.2, 0) is 11.3 Å². The van der Waals surface area contributed by atoms with Crippen LogP contribution in [0, 0.1) is 5.82 Å². The van der Waals surface area contributed by atoms with Crippen molar-refractivity contribution in [2.24, 2.45) is 5.73 Å². The molecule has 0 aliphatic heterocycles. The lowest BCUT2D eigenvalue weighted by Crippen LogP contribution is -2.29. The van der Waals surface area contributed by atoms with E-state index in [1.807, 2.05) is 6.07 Å². The monoisotopic (exact) mass is 270 g/mol. The fraction of sp³-hybridized carbons (Fsp3) is 0.571. The maximum Gasteiger partial charge on any atom is 0.165 e. The molecule has 0 radical (unpaired) electrons. The predicted molar refractivity (Wildman–Crippen MR) is 73.8 cm³/mol. The number of hydrogen-bond donors (Lipinski definition) is 1. The van der Waals surface area contributed by atoms with Crippen LogP contribution < -0.4 is 10.5 Å². The third-order valence-corrected chi connectivity index (χ3v) is 2.91. The van der Waals surface area contributed by atoms with Gasteiger partial charge in [-0.2, -0.15) is 0 Å². The lowest BCUT2D eigenvalue weighted by atomic mass is 10.2. The van der Waals surface area contributed by atoms with Crippen LogP contribution in [0.1, 0.15) is 12.0 Å². The van der Waals surface area contributed by atoms with Gasteiger partial charge in [0.05, 0.1) is 13.7 Å². The molecule has 0 fully saturated rings. The maximum absolute atomic E-state index is 13.6. The molecule has 0 aliphatic rings. The summed E-state index contributed by atoms with van der Waals surface area (Å²) in [7, 11) is 3.14. The normalized spacial score (nSPS) is 11.0. The summed E-state index contributed by atoms with van der Waals surface area (Å²) < 4.78 is 23.6. The van der Waals surface area contributed by atoms with Crippen molar-refractivity contribution in [2.45, 2.75) is 13.0 Å². The van der Waals surface area contributed by atoms with E-state index in [0.717, 1.165) is 25.1 Å². The van der Waals surface area contributed by atoms with Gasteiger partial charge in [0.2, 0.25) is 0 Å². The van der Waals surface area contributed by atoms with E-state index < -0.39 is 0 Å². The molecule has 0 aliphatic carbocycles. The van der Waals surface area contributed by atoms with Crippen LogP contribution >= 0.6 is 0 Å². The van der Waals surface area contributed by atoms with E-state index in [-0.39, 0.29) is 11.6 Å². The first-order valence-corrected chi connectivity index (χ1v) is 6.45. The Morgan fingerprint density at radius 2 is 2.05 bits per heavy atom. The van der Waals surface area contributed by atoms with Crippen molar-refractivity contribution in [3.63, 3.8) is 0 Å². The Labute approximate surface area is 114 Å². The molecule has 19 heavy (non-hydrogen) atoms. The molecule has 0 saturated heterocycles. The van der Waals surface area contributed by atoms with Crippen molar-refractivity contribution in [3.05, 3.63) is 29.6 Å². The number of nitrogens with zero attached hydrogens (tertiary/aromatic N) is 1. The van der Waals surface area contributed by atoms with Crippen molar-refractivity contribution in [2.75, 3.05) is 40.5 Å². The van der Waals surface area contributed by atoms with Crippen LogP contribution in [-0.4, -0.2) is 45.4 Å². The van der Waals surface area contributed by atoms with Gasteiger partial charge in [0.1, 0.15) is 0 Å². The molecular formula is C14H23FN2O2. The van der Waals surface area contributed by atoms with Gasteiger partial charge in [0.25, 0.3) is 0 Å². The molecule has 0 saturated carbocycles. The Hall–Kier alpha value is -1.17. The SMILES string of the molecule is COCCN(CCCN)Cc1ccc(OC)c(F)c1. The van der Waals surface area contributed by atoms with Gasteiger partial charge in [-0.15, -0.1) is 0 Å². The first-order chi connectivity index (χ1) is 9.21. The average molecular weight is 270 g/mol. The molecule has 2 N–H and O–H groups in total. The molecule has 0 bridgehead atoms. The molecule has 1 aromatic rings. The van der Waals surface area contributed by atoms with E-state index in [1.165, 1.54) is 13.2 Å². The number of ether oxygens (including phenoxy) is 2. The molecule has 0 spiro atoms. The van der Waals surface area contributed by atoms with Crippen molar-refractivity contribution in [1.82, 2.24) is 4.90 Å². The van der Waals surface area contributed by atoms with E-state index in [2.05, 4.69) is 4.90 Å². The Balaban J connectivity index is 2.63. The van der Waals surface area contributed by atoms with E-state index in [1.54, 1.807) is 13.2 Å². The number of nitrogens with two attached hydrogens (primary N) is 1. The lowest BCUT2D eigenvalue weighted by Gasteiger charge is -2.22. The Bertz CT molecular complexity index is 366. The van der Waals surface area contributed by atoms with Crippen LogP contribution in [0.25, 0.3) is 0 Å². The molecule has 0 amide bonds. The Morgan fingerprint density at radius 3 is 2.63 bits per heavy atom. The van der Waals surface area contributed by atoms with Crippen LogP contribution in [0.3, 0.4) is 0 Å². The smallest absolute Gasteiger partial charge is 0.165 e. The van der Waals surface area contributed by atoms with E-state index in [0.29, 0.717) is 19.7 Å². The zero-order valence-electron chi connectivity index (χ0n) is 11.7. The summed E-state index contributed by atoms with van der Waals surface area (Å²) in [5.41, 5.74) is 6.45. The number of rotatable bonds is 9. The molecule has 1 rings (SSSR count). The third-order valence-electron chi connectivity index (χ3n) is 2.91. The quantitative estimate of drug-likeness (QED) is 0.741. The van der Waals surface area contributed by atoms with E-state index in [9.17, 15) is 4.39 Å². The van der Waals surface area contributed by atoms with Gasteiger partial charge in [-0.3, -0.25) is 4.90 Å². The Morgan fingerprint density at radius 1 is 1.26 bits per heavy atom. The largest absolute Gasteiger partial charge is 0.494 e. The van der Waals surface area contributed by atoms with Crippen LogP contribution in [0.5, 0.6) is 5.75 Å². The van der Waals surface area contributed by atoms with Gasteiger partial charge in [0.15, 0.2) is 11.6 Å². The summed E-state index contributed by atoms with van der Waals surface area (Å²) in [6.07, 6.45) is 0.919. The standard InChI is InChI=1S/C14H23FN2O2/c1-18-9-8-17(7-3-6-16)11-12-4-5-14(19-2)13(15)10-12/h4-5,10H,3,6-9,11,16H2,1-2H3. The zero-order chi connectivity index (χ0) is 14.1. The zero-order valence-corrected chi connectivity index (χ0v) is 11.7. The molecular weight excluding hydrogens is 247 g/mol. The highest BCUT2D eigenvalue weighted by Gasteiger charge is 2.08. The molecule has 1 aromatic carbocycles. The second kappa shape index (κ2) is 8.85. The molecule has 0 unspecified atom stereocenters. The summed E-state index contributed by atoms with van der Waals surface area (Å²) in [6.45, 7) is 3.69. The van der Waals surface area contributed by atoms with Crippen molar-refractivity contribution in [3.8, 4) is 5.75 Å². The van der Waals surface area contributed by atoms with Crippen molar-refractivity contribution < 1.29 is 13.9 Å². The number of methoxy groups -OCH3 is 2. The van der Waals surface area contributed by atoms with Gasteiger partial charge in [-0.1, -0.05) is 6.07 Å². The van der Waals surface area contributed by atoms with E-state index >= 15 is 0 Å². The summed E-state index contributed by atoms with van der Waals surface area (Å²) in [5.74, 6) is -0.0559. The minimum absolute atomic E-state index is 0.272. The van der Waals surface area contributed by atoms with E-state index in [4.69, 9.17) is 15.2 Å². The third kappa shape index (κ3) is 5.55. The highest BCUT2D eigenvalue weighted by molar-refractivity contribution is 5.29. The predicted octanol–water partition coefficient (Wildman–Crippen LogP) is 1.63. The first-order valence-electron chi connectivity index (χ1n) is 6.45. The van der Waals surface area contributed by atoms with Crippen LogP contribution in [0.4, 0.5) is 4.39 Å². The highest BCUT2D eigenvalue weighted by Crippen LogP contribution is 2.18. The molecule has 4 nitrogen and oxygen atoms in total. The van der Waals surface area contributed by atoms with Gasteiger partial charge in [-0.05, 0) is 37.2 Å². The topological polar surface area (TPSA) is 47.7 Å². The molecule has 0 aromatic heterocycles.